The molecule has 1 aromatic carbocycles. The molecule has 19 heavy (non-hydrogen) atoms. The van der Waals surface area contributed by atoms with Crippen molar-refractivity contribution in [3.8, 4) is 0 Å². The van der Waals surface area contributed by atoms with Crippen LogP contribution in [0.3, 0.4) is 0 Å². The molecule has 1 saturated heterocycles. The summed E-state index contributed by atoms with van der Waals surface area (Å²) in [6.45, 7) is 2.37. The van der Waals surface area contributed by atoms with Crippen molar-refractivity contribution in [1.29, 1.82) is 0 Å². The van der Waals surface area contributed by atoms with Crippen LogP contribution in [-0.2, 0) is 4.79 Å². The Bertz CT molecular complexity index is 547. The maximum atomic E-state index is 12.3. The molecule has 1 unspecified atom stereocenters. The van der Waals surface area contributed by atoms with Crippen LogP contribution in [0.1, 0.15) is 23.7 Å². The summed E-state index contributed by atoms with van der Waals surface area (Å²) in [6, 6.07) is 4.97. The predicted octanol–water partition coefficient (Wildman–Crippen LogP) is 1.97. The lowest BCUT2D eigenvalue weighted by Crippen LogP contribution is -2.34. The van der Waals surface area contributed by atoms with Gasteiger partial charge in [-0.1, -0.05) is 0 Å². The van der Waals surface area contributed by atoms with Crippen LogP contribution in [-0.4, -0.2) is 35.0 Å². The first-order chi connectivity index (χ1) is 8.83. The standard InChI is InChI=1S/C13H15BrN2O3/c1-13(12(18)19)4-5-16(7-13)11(17)8-2-3-10(15)9(14)6-8/h2-3,6H,4-5,7,15H2,1H3,(H,18,19). The van der Waals surface area contributed by atoms with Crippen molar-refractivity contribution in [2.75, 3.05) is 18.8 Å². The highest BCUT2D eigenvalue weighted by molar-refractivity contribution is 9.10. The zero-order chi connectivity index (χ0) is 14.2. The molecule has 6 heteroatoms. The second kappa shape index (κ2) is 4.85. The van der Waals surface area contributed by atoms with Crippen LogP contribution in [0.5, 0.6) is 0 Å². The molecule has 0 radical (unpaired) electrons. The van der Waals surface area contributed by atoms with Crippen molar-refractivity contribution >= 4 is 33.5 Å². The number of benzene rings is 1. The average molecular weight is 327 g/mol. The largest absolute Gasteiger partial charge is 0.481 e. The molecule has 0 spiro atoms. The van der Waals surface area contributed by atoms with E-state index in [1.54, 1.807) is 30.0 Å². The summed E-state index contributed by atoms with van der Waals surface area (Å²) in [5.74, 6) is -1.02. The first-order valence-electron chi connectivity index (χ1n) is 5.91. The third kappa shape index (κ3) is 2.58. The van der Waals surface area contributed by atoms with Crippen molar-refractivity contribution in [1.82, 2.24) is 4.90 Å². The summed E-state index contributed by atoms with van der Waals surface area (Å²) < 4.78 is 0.665. The molecule has 5 nitrogen and oxygen atoms in total. The highest BCUT2D eigenvalue weighted by Crippen LogP contribution is 2.31. The summed E-state index contributed by atoms with van der Waals surface area (Å²) >= 11 is 3.28. The highest BCUT2D eigenvalue weighted by atomic mass is 79.9. The van der Waals surface area contributed by atoms with Crippen molar-refractivity contribution in [2.24, 2.45) is 5.41 Å². The van der Waals surface area contributed by atoms with Gasteiger partial charge in [0.05, 0.1) is 5.41 Å². The van der Waals surface area contributed by atoms with Crippen LogP contribution in [0.15, 0.2) is 22.7 Å². The molecule has 1 heterocycles. The minimum absolute atomic E-state index is 0.161. The lowest BCUT2D eigenvalue weighted by atomic mass is 9.90. The normalized spacial score (nSPS) is 22.5. The second-order valence-corrected chi connectivity index (χ2v) is 5.93. The summed E-state index contributed by atoms with van der Waals surface area (Å²) in [5, 5.41) is 9.16. The van der Waals surface area contributed by atoms with Gasteiger partial charge in [-0.25, -0.2) is 0 Å². The number of likely N-dealkylation sites (tertiary alicyclic amines) is 1. The number of carbonyl (C=O) groups is 2. The average Bonchev–Trinajstić information content (AvgIpc) is 2.76. The number of carboxylic acid groups (broad SMARTS) is 1. The first-order valence-corrected chi connectivity index (χ1v) is 6.70. The minimum atomic E-state index is -0.860. The fraction of sp³-hybridized carbons (Fsp3) is 0.385. The third-order valence-corrected chi connectivity index (χ3v) is 4.21. The Hall–Kier alpha value is -1.56. The van der Waals surface area contributed by atoms with Crippen molar-refractivity contribution < 1.29 is 14.7 Å². The van der Waals surface area contributed by atoms with Crippen LogP contribution < -0.4 is 5.73 Å². The van der Waals surface area contributed by atoms with Crippen LogP contribution in [0.25, 0.3) is 0 Å². The topological polar surface area (TPSA) is 83.6 Å². The Kier molecular flexibility index (Phi) is 3.54. The van der Waals surface area contributed by atoms with Crippen LogP contribution >= 0.6 is 15.9 Å². The van der Waals surface area contributed by atoms with Crippen LogP contribution in [0, 0.1) is 5.41 Å². The van der Waals surface area contributed by atoms with Gasteiger partial charge in [-0.05, 0) is 47.5 Å². The van der Waals surface area contributed by atoms with Gasteiger partial charge in [0.2, 0.25) is 0 Å². The fourth-order valence-corrected chi connectivity index (χ4v) is 2.53. The Morgan fingerprint density at radius 1 is 1.47 bits per heavy atom. The molecule has 0 saturated carbocycles. The Morgan fingerprint density at radius 2 is 2.16 bits per heavy atom. The molecule has 1 amide bonds. The molecule has 1 aromatic rings. The van der Waals surface area contributed by atoms with E-state index in [0.717, 1.165) is 0 Å². The van der Waals surface area contributed by atoms with E-state index >= 15 is 0 Å². The monoisotopic (exact) mass is 326 g/mol. The smallest absolute Gasteiger partial charge is 0.311 e. The molecular weight excluding hydrogens is 312 g/mol. The lowest BCUT2D eigenvalue weighted by molar-refractivity contribution is -0.147. The number of hydrogen-bond acceptors (Lipinski definition) is 3. The number of rotatable bonds is 2. The van der Waals surface area contributed by atoms with Crippen molar-refractivity contribution in [2.45, 2.75) is 13.3 Å². The van der Waals surface area contributed by atoms with Crippen molar-refractivity contribution in [3.63, 3.8) is 0 Å². The molecule has 1 fully saturated rings. The Labute approximate surface area is 119 Å². The van der Waals surface area contributed by atoms with Gasteiger partial charge >= 0.3 is 5.97 Å². The lowest BCUT2D eigenvalue weighted by Gasteiger charge is -2.20. The number of nitrogens with zero attached hydrogens (tertiary/aromatic N) is 1. The molecule has 2 rings (SSSR count). The van der Waals surface area contributed by atoms with Gasteiger partial charge in [0.15, 0.2) is 0 Å². The molecule has 3 N–H and O–H groups in total. The molecule has 102 valence electrons. The van der Waals surface area contributed by atoms with Crippen LogP contribution in [0.4, 0.5) is 5.69 Å². The summed E-state index contributed by atoms with van der Waals surface area (Å²) in [4.78, 5) is 25.0. The number of carbonyl (C=O) groups excluding carboxylic acids is 1. The molecule has 0 bridgehead atoms. The minimum Gasteiger partial charge on any atom is -0.481 e. The van der Waals surface area contributed by atoms with E-state index in [9.17, 15) is 9.59 Å². The molecule has 1 aliphatic rings. The Balaban J connectivity index is 2.18. The summed E-state index contributed by atoms with van der Waals surface area (Å²) in [7, 11) is 0. The summed E-state index contributed by atoms with van der Waals surface area (Å²) in [6.07, 6.45) is 0.476. The van der Waals surface area contributed by atoms with Crippen molar-refractivity contribution in [3.05, 3.63) is 28.2 Å². The van der Waals surface area contributed by atoms with E-state index in [-0.39, 0.29) is 12.5 Å². The maximum Gasteiger partial charge on any atom is 0.311 e. The number of nitrogens with two attached hydrogens (primary N) is 1. The quantitative estimate of drug-likeness (QED) is 0.814. The molecule has 0 aliphatic carbocycles. The number of halogens is 1. The Morgan fingerprint density at radius 3 is 2.68 bits per heavy atom. The number of carboxylic acids is 1. The summed E-state index contributed by atoms with van der Waals surface area (Å²) in [5.41, 5.74) is 5.90. The molecular formula is C13H15BrN2O3. The second-order valence-electron chi connectivity index (χ2n) is 5.08. The molecule has 0 aromatic heterocycles. The third-order valence-electron chi connectivity index (χ3n) is 3.52. The van der Waals surface area contributed by atoms with E-state index < -0.39 is 11.4 Å². The van der Waals surface area contributed by atoms with Gasteiger partial charge < -0.3 is 15.7 Å². The van der Waals surface area contributed by atoms with Gasteiger partial charge in [-0.15, -0.1) is 0 Å². The SMILES string of the molecule is CC1(C(=O)O)CCN(C(=O)c2ccc(N)c(Br)c2)C1. The van der Waals surface area contributed by atoms with E-state index in [0.29, 0.717) is 28.7 Å². The van der Waals surface area contributed by atoms with Gasteiger partial charge in [-0.2, -0.15) is 0 Å². The van der Waals surface area contributed by atoms with Gasteiger partial charge in [0, 0.05) is 28.8 Å². The zero-order valence-electron chi connectivity index (χ0n) is 10.5. The van der Waals surface area contributed by atoms with E-state index in [1.807, 2.05) is 0 Å². The van der Waals surface area contributed by atoms with Gasteiger partial charge in [0.1, 0.15) is 0 Å². The van der Waals surface area contributed by atoms with Gasteiger partial charge in [-0.3, -0.25) is 9.59 Å². The number of hydrogen-bond donors (Lipinski definition) is 2. The molecule has 1 aliphatic heterocycles. The molecule has 1 atom stereocenters. The van der Waals surface area contributed by atoms with Crippen LogP contribution in [0.2, 0.25) is 0 Å². The zero-order valence-corrected chi connectivity index (χ0v) is 12.1. The van der Waals surface area contributed by atoms with E-state index in [2.05, 4.69) is 15.9 Å². The van der Waals surface area contributed by atoms with Gasteiger partial charge in [0.25, 0.3) is 5.91 Å². The number of aliphatic carboxylic acids is 1. The number of nitrogen functional groups attached to an aromatic ring is 1. The highest BCUT2D eigenvalue weighted by Gasteiger charge is 2.42. The fourth-order valence-electron chi connectivity index (χ4n) is 2.15. The predicted molar refractivity (Wildman–Crippen MR) is 74.8 cm³/mol. The number of amides is 1. The number of anilines is 1. The van der Waals surface area contributed by atoms with E-state index in [4.69, 9.17) is 10.8 Å². The maximum absolute atomic E-state index is 12.3. The van der Waals surface area contributed by atoms with E-state index in [1.165, 1.54) is 0 Å². The first kappa shape index (κ1) is 13.9.